The first-order valence-corrected chi connectivity index (χ1v) is 9.02. The number of carbonyl (C=O) groups is 2. The number of aromatic hydroxyl groups is 1. The van der Waals surface area contributed by atoms with Crippen LogP contribution in [0.3, 0.4) is 0 Å². The molecule has 0 radical (unpaired) electrons. The van der Waals surface area contributed by atoms with Gasteiger partial charge in [0.2, 0.25) is 0 Å². The summed E-state index contributed by atoms with van der Waals surface area (Å²) in [4.78, 5) is 26.4. The van der Waals surface area contributed by atoms with Crippen molar-refractivity contribution in [3.63, 3.8) is 0 Å². The smallest absolute Gasteiger partial charge is 0.289 e. The van der Waals surface area contributed by atoms with Crippen LogP contribution in [-0.2, 0) is 0 Å². The standard InChI is InChI=1S/C17H15Cl3N2O4/c18-10-8-11(19)15(23)13(14(10)20)16(24)21-9-3-5-22(6-4-9)17(25)12-2-1-7-26-12/h1-2,7-9,23H,3-6H2,(H,21,24). The summed E-state index contributed by atoms with van der Waals surface area (Å²) in [5.74, 6) is -0.864. The van der Waals surface area contributed by atoms with Gasteiger partial charge in [0.05, 0.1) is 21.3 Å². The largest absolute Gasteiger partial charge is 0.505 e. The molecule has 1 aliphatic heterocycles. The number of hydrogen-bond acceptors (Lipinski definition) is 4. The van der Waals surface area contributed by atoms with Gasteiger partial charge in [-0.3, -0.25) is 9.59 Å². The first-order chi connectivity index (χ1) is 12.4. The third-order valence-corrected chi connectivity index (χ3v) is 5.30. The van der Waals surface area contributed by atoms with Gasteiger partial charge < -0.3 is 19.7 Å². The number of amides is 2. The number of furan rings is 1. The molecule has 2 aromatic rings. The molecular weight excluding hydrogens is 403 g/mol. The number of nitrogens with zero attached hydrogens (tertiary/aromatic N) is 1. The Morgan fingerprint density at radius 3 is 2.50 bits per heavy atom. The van der Waals surface area contributed by atoms with Crippen LogP contribution in [0.25, 0.3) is 0 Å². The maximum Gasteiger partial charge on any atom is 0.289 e. The summed E-state index contributed by atoms with van der Waals surface area (Å²) in [7, 11) is 0. The number of rotatable bonds is 3. The molecule has 2 N–H and O–H groups in total. The lowest BCUT2D eigenvalue weighted by Gasteiger charge is -2.32. The summed E-state index contributed by atoms with van der Waals surface area (Å²) in [5, 5.41) is 12.8. The molecule has 6 nitrogen and oxygen atoms in total. The summed E-state index contributed by atoms with van der Waals surface area (Å²) in [6.07, 6.45) is 2.57. The van der Waals surface area contributed by atoms with Gasteiger partial charge in [-0.2, -0.15) is 0 Å². The summed E-state index contributed by atoms with van der Waals surface area (Å²) < 4.78 is 5.12. The number of phenols is 1. The lowest BCUT2D eigenvalue weighted by Crippen LogP contribution is -2.46. The molecule has 1 aromatic heterocycles. The third kappa shape index (κ3) is 3.77. The summed E-state index contributed by atoms with van der Waals surface area (Å²) >= 11 is 17.8. The molecule has 1 fully saturated rings. The van der Waals surface area contributed by atoms with Crippen LogP contribution in [0.1, 0.15) is 33.8 Å². The molecule has 0 unspecified atom stereocenters. The highest BCUT2D eigenvalue weighted by atomic mass is 35.5. The molecule has 26 heavy (non-hydrogen) atoms. The Bertz CT molecular complexity index is 805. The molecule has 9 heteroatoms. The Hall–Kier alpha value is -1.89. The van der Waals surface area contributed by atoms with Crippen LogP contribution in [0.15, 0.2) is 28.9 Å². The maximum atomic E-state index is 12.5. The number of carbonyl (C=O) groups excluding carboxylic acids is 2. The fraction of sp³-hybridized carbons (Fsp3) is 0.294. The quantitative estimate of drug-likeness (QED) is 0.740. The summed E-state index contributed by atoms with van der Waals surface area (Å²) in [6.45, 7) is 0.945. The van der Waals surface area contributed by atoms with Gasteiger partial charge in [0.1, 0.15) is 11.3 Å². The maximum absolute atomic E-state index is 12.5. The van der Waals surface area contributed by atoms with Crippen LogP contribution in [0, 0.1) is 0 Å². The van der Waals surface area contributed by atoms with Crippen LogP contribution in [0.5, 0.6) is 5.75 Å². The molecule has 0 aliphatic carbocycles. The first kappa shape index (κ1) is 18.9. The van der Waals surface area contributed by atoms with Gasteiger partial charge in [-0.05, 0) is 31.0 Å². The zero-order valence-corrected chi connectivity index (χ0v) is 15.7. The number of piperidine rings is 1. The predicted octanol–water partition coefficient (Wildman–Crippen LogP) is 3.98. The molecule has 2 amide bonds. The van der Waals surface area contributed by atoms with Gasteiger partial charge in [-0.1, -0.05) is 34.8 Å². The second-order valence-electron chi connectivity index (χ2n) is 5.90. The van der Waals surface area contributed by atoms with Crippen molar-refractivity contribution < 1.29 is 19.1 Å². The van der Waals surface area contributed by atoms with Crippen molar-refractivity contribution in [2.75, 3.05) is 13.1 Å². The molecule has 0 bridgehead atoms. The van der Waals surface area contributed by atoms with Crippen molar-refractivity contribution in [2.24, 2.45) is 0 Å². The lowest BCUT2D eigenvalue weighted by molar-refractivity contribution is 0.0667. The van der Waals surface area contributed by atoms with E-state index in [0.29, 0.717) is 25.9 Å². The minimum atomic E-state index is -0.562. The Morgan fingerprint density at radius 1 is 1.19 bits per heavy atom. The van der Waals surface area contributed by atoms with Crippen molar-refractivity contribution in [1.82, 2.24) is 10.2 Å². The molecule has 3 rings (SSSR count). The molecule has 1 aromatic carbocycles. The van der Waals surface area contributed by atoms with Crippen molar-refractivity contribution in [3.05, 3.63) is 50.9 Å². The number of benzene rings is 1. The Labute approximate surface area is 164 Å². The van der Waals surface area contributed by atoms with E-state index in [0.717, 1.165) is 0 Å². The highest BCUT2D eigenvalue weighted by molar-refractivity contribution is 6.45. The minimum Gasteiger partial charge on any atom is -0.505 e. The van der Waals surface area contributed by atoms with Gasteiger partial charge in [0.25, 0.3) is 11.8 Å². The topological polar surface area (TPSA) is 82.8 Å². The van der Waals surface area contributed by atoms with E-state index in [1.54, 1.807) is 17.0 Å². The Balaban J connectivity index is 1.63. The van der Waals surface area contributed by atoms with Crippen molar-refractivity contribution in [2.45, 2.75) is 18.9 Å². The second-order valence-corrected chi connectivity index (χ2v) is 7.09. The third-order valence-electron chi connectivity index (χ3n) is 4.22. The Morgan fingerprint density at radius 2 is 1.88 bits per heavy atom. The first-order valence-electron chi connectivity index (χ1n) is 7.88. The van der Waals surface area contributed by atoms with E-state index in [1.165, 1.54) is 12.3 Å². The number of phenolic OH excluding ortho intramolecular Hbond substituents is 1. The highest BCUT2D eigenvalue weighted by Gasteiger charge is 2.28. The van der Waals surface area contributed by atoms with Crippen LogP contribution >= 0.6 is 34.8 Å². The zero-order chi connectivity index (χ0) is 18.8. The van der Waals surface area contributed by atoms with Crippen LogP contribution in [0.4, 0.5) is 0 Å². The van der Waals surface area contributed by atoms with Gasteiger partial charge >= 0.3 is 0 Å². The van der Waals surface area contributed by atoms with Crippen molar-refractivity contribution >= 4 is 46.6 Å². The molecule has 2 heterocycles. The molecule has 0 atom stereocenters. The molecule has 0 spiro atoms. The SMILES string of the molecule is O=C(NC1CCN(C(=O)c2ccco2)CC1)c1c(O)c(Cl)cc(Cl)c1Cl. The van der Waals surface area contributed by atoms with E-state index < -0.39 is 11.7 Å². The summed E-state index contributed by atoms with van der Waals surface area (Å²) in [5.41, 5.74) is -0.154. The molecule has 1 aliphatic rings. The number of halogens is 3. The number of nitrogens with one attached hydrogen (secondary N) is 1. The van der Waals surface area contributed by atoms with E-state index in [1.807, 2.05) is 0 Å². The van der Waals surface area contributed by atoms with E-state index >= 15 is 0 Å². The van der Waals surface area contributed by atoms with Crippen LogP contribution < -0.4 is 5.32 Å². The van der Waals surface area contributed by atoms with Crippen molar-refractivity contribution in [1.29, 1.82) is 0 Å². The lowest BCUT2D eigenvalue weighted by atomic mass is 10.0. The average Bonchev–Trinajstić information content (AvgIpc) is 3.15. The number of hydrogen-bond donors (Lipinski definition) is 2. The second kappa shape index (κ2) is 7.78. The predicted molar refractivity (Wildman–Crippen MR) is 98.2 cm³/mol. The van der Waals surface area contributed by atoms with E-state index in [9.17, 15) is 14.7 Å². The van der Waals surface area contributed by atoms with E-state index in [-0.39, 0.29) is 38.3 Å². The normalized spacial score (nSPS) is 15.1. The molecule has 1 saturated heterocycles. The van der Waals surface area contributed by atoms with Crippen molar-refractivity contribution in [3.8, 4) is 5.75 Å². The van der Waals surface area contributed by atoms with Gasteiger partial charge in [0.15, 0.2) is 5.76 Å². The van der Waals surface area contributed by atoms with E-state index in [2.05, 4.69) is 5.32 Å². The summed E-state index contributed by atoms with van der Waals surface area (Å²) in [6, 6.07) is 4.38. The van der Waals surface area contributed by atoms with Gasteiger partial charge in [-0.15, -0.1) is 0 Å². The van der Waals surface area contributed by atoms with E-state index in [4.69, 9.17) is 39.2 Å². The van der Waals surface area contributed by atoms with Gasteiger partial charge in [0, 0.05) is 19.1 Å². The zero-order valence-electron chi connectivity index (χ0n) is 13.5. The molecule has 0 saturated carbocycles. The minimum absolute atomic E-state index is 0.0524. The highest BCUT2D eigenvalue weighted by Crippen LogP contribution is 2.38. The average molecular weight is 418 g/mol. The van der Waals surface area contributed by atoms with Crippen LogP contribution in [-0.4, -0.2) is 41.0 Å². The number of likely N-dealkylation sites (tertiary alicyclic amines) is 1. The Kier molecular flexibility index (Phi) is 5.65. The fourth-order valence-electron chi connectivity index (χ4n) is 2.83. The van der Waals surface area contributed by atoms with Crippen LogP contribution in [0.2, 0.25) is 15.1 Å². The van der Waals surface area contributed by atoms with Gasteiger partial charge in [-0.25, -0.2) is 0 Å². The fourth-order valence-corrected chi connectivity index (χ4v) is 3.53. The molecular formula is C17H15Cl3N2O4. The monoisotopic (exact) mass is 416 g/mol. The molecule has 138 valence electrons.